The minimum Gasteiger partial charge on any atom is -0.325 e. The van der Waals surface area contributed by atoms with Crippen molar-refractivity contribution in [1.82, 2.24) is 0 Å². The van der Waals surface area contributed by atoms with Gasteiger partial charge in [0.2, 0.25) is 5.91 Å². The zero-order valence-electron chi connectivity index (χ0n) is 11.7. The summed E-state index contributed by atoms with van der Waals surface area (Å²) >= 11 is 5.55. The molecule has 1 N–H and O–H groups in total. The Hall–Kier alpha value is -1.13. The Morgan fingerprint density at radius 1 is 1.30 bits per heavy atom. The molecule has 1 atom stereocenters. The van der Waals surface area contributed by atoms with Crippen LogP contribution in [0.2, 0.25) is 0 Å². The molecule has 2 aromatic rings. The molecule has 3 rings (SSSR count). The van der Waals surface area contributed by atoms with Gasteiger partial charge < -0.3 is 5.32 Å². The first kappa shape index (κ1) is 13.8. The minimum absolute atomic E-state index is 0.0723. The number of hydrogen-bond acceptors (Lipinski definition) is 2. The maximum Gasteiger partial charge on any atom is 0.234 e. The van der Waals surface area contributed by atoms with E-state index in [0.29, 0.717) is 0 Å². The largest absolute Gasteiger partial charge is 0.325 e. The standard InChI is InChI=1S/C16H16BrNOS/c1-9-6-7-20-14(9)13(17)10-4-5-12-11(8-10)16(2,3)15(19)18-12/h4-8,13H,1-3H3,(H,18,19). The van der Waals surface area contributed by atoms with Gasteiger partial charge in [-0.2, -0.15) is 0 Å². The van der Waals surface area contributed by atoms with E-state index in [2.05, 4.69) is 51.7 Å². The van der Waals surface area contributed by atoms with Crippen molar-refractivity contribution in [3.8, 4) is 0 Å². The van der Waals surface area contributed by atoms with E-state index in [0.717, 1.165) is 11.3 Å². The first-order valence-electron chi connectivity index (χ1n) is 6.55. The molecule has 0 bridgehead atoms. The molecule has 0 spiro atoms. The number of halogens is 1. The van der Waals surface area contributed by atoms with E-state index in [-0.39, 0.29) is 10.7 Å². The first-order chi connectivity index (χ1) is 9.41. The first-order valence-corrected chi connectivity index (χ1v) is 8.34. The highest BCUT2D eigenvalue weighted by molar-refractivity contribution is 9.09. The Labute approximate surface area is 131 Å². The SMILES string of the molecule is Cc1ccsc1C(Br)c1ccc2c(c1)C(C)(C)C(=O)N2. The van der Waals surface area contributed by atoms with Gasteiger partial charge in [0.1, 0.15) is 0 Å². The smallest absolute Gasteiger partial charge is 0.234 e. The van der Waals surface area contributed by atoms with Crippen LogP contribution in [-0.4, -0.2) is 5.91 Å². The van der Waals surface area contributed by atoms with Crippen molar-refractivity contribution in [3.05, 3.63) is 51.2 Å². The van der Waals surface area contributed by atoms with E-state index in [1.165, 1.54) is 16.0 Å². The second-order valence-electron chi connectivity index (χ2n) is 5.71. The molecule has 0 saturated heterocycles. The van der Waals surface area contributed by atoms with Crippen LogP contribution < -0.4 is 5.32 Å². The molecule has 1 aliphatic rings. The van der Waals surface area contributed by atoms with Crippen LogP contribution in [0.15, 0.2) is 29.6 Å². The van der Waals surface area contributed by atoms with Crippen molar-refractivity contribution in [2.75, 3.05) is 5.32 Å². The fourth-order valence-corrected chi connectivity index (χ4v) is 4.44. The summed E-state index contributed by atoms with van der Waals surface area (Å²) in [6.07, 6.45) is 0. The van der Waals surface area contributed by atoms with Gasteiger partial charge in [-0.1, -0.05) is 28.1 Å². The highest BCUT2D eigenvalue weighted by atomic mass is 79.9. The molecule has 2 nitrogen and oxygen atoms in total. The number of hydrogen-bond donors (Lipinski definition) is 1. The van der Waals surface area contributed by atoms with Crippen LogP contribution in [0.5, 0.6) is 0 Å². The second-order valence-corrected chi connectivity index (χ2v) is 7.58. The second kappa shape index (κ2) is 4.71. The van der Waals surface area contributed by atoms with Crippen molar-refractivity contribution in [3.63, 3.8) is 0 Å². The van der Waals surface area contributed by atoms with Gasteiger partial charge in [-0.3, -0.25) is 4.79 Å². The van der Waals surface area contributed by atoms with E-state index in [1.807, 2.05) is 19.9 Å². The van der Waals surface area contributed by atoms with Gasteiger partial charge in [0.05, 0.1) is 10.2 Å². The van der Waals surface area contributed by atoms with Gasteiger partial charge >= 0.3 is 0 Å². The molecule has 1 aromatic heterocycles. The lowest BCUT2D eigenvalue weighted by molar-refractivity contribution is -0.119. The van der Waals surface area contributed by atoms with Crippen LogP contribution >= 0.6 is 27.3 Å². The quantitative estimate of drug-likeness (QED) is 0.777. The van der Waals surface area contributed by atoms with Crippen molar-refractivity contribution < 1.29 is 4.79 Å². The van der Waals surface area contributed by atoms with Gasteiger partial charge in [-0.15, -0.1) is 11.3 Å². The Balaban J connectivity index is 2.04. The number of anilines is 1. The molecule has 1 unspecified atom stereocenters. The Morgan fingerprint density at radius 3 is 2.70 bits per heavy atom. The molecule has 0 aliphatic carbocycles. The van der Waals surface area contributed by atoms with Gasteiger partial charge in [0, 0.05) is 10.6 Å². The van der Waals surface area contributed by atoms with E-state index < -0.39 is 5.41 Å². The number of thiophene rings is 1. The van der Waals surface area contributed by atoms with Crippen LogP contribution in [-0.2, 0) is 10.2 Å². The minimum atomic E-state index is -0.456. The van der Waals surface area contributed by atoms with Crippen LogP contribution in [0.3, 0.4) is 0 Å². The highest BCUT2D eigenvalue weighted by Crippen LogP contribution is 2.42. The van der Waals surface area contributed by atoms with Gasteiger partial charge in [-0.05, 0) is 55.0 Å². The summed E-state index contributed by atoms with van der Waals surface area (Å²) in [6, 6.07) is 8.37. The lowest BCUT2D eigenvalue weighted by Gasteiger charge is -2.17. The normalized spacial score (nSPS) is 17.7. The third-order valence-electron chi connectivity index (χ3n) is 3.96. The predicted octanol–water partition coefficient (Wildman–Crippen LogP) is 4.77. The van der Waals surface area contributed by atoms with E-state index in [1.54, 1.807) is 11.3 Å². The fraction of sp³-hybridized carbons (Fsp3) is 0.312. The van der Waals surface area contributed by atoms with Crippen molar-refractivity contribution in [1.29, 1.82) is 0 Å². The molecule has 0 radical (unpaired) electrons. The van der Waals surface area contributed by atoms with E-state index in [4.69, 9.17) is 0 Å². The summed E-state index contributed by atoms with van der Waals surface area (Å²) in [7, 11) is 0. The van der Waals surface area contributed by atoms with Crippen molar-refractivity contribution in [2.45, 2.75) is 31.0 Å². The molecule has 20 heavy (non-hydrogen) atoms. The lowest BCUT2D eigenvalue weighted by Crippen LogP contribution is -2.26. The maximum atomic E-state index is 12.0. The number of benzene rings is 1. The molecule has 2 heterocycles. The lowest BCUT2D eigenvalue weighted by atomic mass is 9.85. The molecule has 1 amide bonds. The number of rotatable bonds is 2. The number of fused-ring (bicyclic) bond motifs is 1. The number of aryl methyl sites for hydroxylation is 1. The van der Waals surface area contributed by atoms with Gasteiger partial charge in [0.15, 0.2) is 0 Å². The average molecular weight is 350 g/mol. The summed E-state index contributed by atoms with van der Waals surface area (Å²) in [6.45, 7) is 6.07. The molecule has 4 heteroatoms. The molecule has 0 fully saturated rings. The van der Waals surface area contributed by atoms with Gasteiger partial charge in [-0.25, -0.2) is 0 Å². The molecule has 1 aliphatic heterocycles. The highest BCUT2D eigenvalue weighted by Gasteiger charge is 2.38. The van der Waals surface area contributed by atoms with Crippen LogP contribution in [0, 0.1) is 6.92 Å². The Kier molecular flexibility index (Phi) is 3.26. The Bertz CT molecular complexity index is 690. The molecular weight excluding hydrogens is 334 g/mol. The fourth-order valence-electron chi connectivity index (χ4n) is 2.54. The number of alkyl halides is 1. The number of carbonyl (C=O) groups excluding carboxylic acids is 1. The summed E-state index contributed by atoms with van der Waals surface area (Å²) in [5.74, 6) is 0.0723. The topological polar surface area (TPSA) is 29.1 Å². The Morgan fingerprint density at radius 2 is 2.05 bits per heavy atom. The summed E-state index contributed by atoms with van der Waals surface area (Å²) in [4.78, 5) is 13.5. The summed E-state index contributed by atoms with van der Waals surface area (Å²) in [5, 5.41) is 5.06. The zero-order valence-corrected chi connectivity index (χ0v) is 14.1. The number of carbonyl (C=O) groups is 1. The monoisotopic (exact) mass is 349 g/mol. The third-order valence-corrected chi connectivity index (χ3v) is 6.33. The summed E-state index contributed by atoms with van der Waals surface area (Å²) < 4.78 is 0. The van der Waals surface area contributed by atoms with Crippen LogP contribution in [0.25, 0.3) is 0 Å². The molecule has 0 saturated carbocycles. The maximum absolute atomic E-state index is 12.0. The zero-order chi connectivity index (χ0) is 14.5. The molecule has 104 valence electrons. The molecule has 1 aromatic carbocycles. The summed E-state index contributed by atoms with van der Waals surface area (Å²) in [5.41, 5.74) is 4.05. The van der Waals surface area contributed by atoms with Crippen LogP contribution in [0.1, 0.15) is 40.2 Å². The van der Waals surface area contributed by atoms with Crippen molar-refractivity contribution in [2.24, 2.45) is 0 Å². The van der Waals surface area contributed by atoms with Gasteiger partial charge in [0.25, 0.3) is 0 Å². The van der Waals surface area contributed by atoms with Crippen LogP contribution in [0.4, 0.5) is 5.69 Å². The van der Waals surface area contributed by atoms with E-state index >= 15 is 0 Å². The van der Waals surface area contributed by atoms with Crippen molar-refractivity contribution >= 4 is 38.9 Å². The number of nitrogens with one attached hydrogen (secondary N) is 1. The molecular formula is C16H16BrNOS. The predicted molar refractivity (Wildman–Crippen MR) is 87.9 cm³/mol. The van der Waals surface area contributed by atoms with E-state index in [9.17, 15) is 4.79 Å². The average Bonchev–Trinajstić information content (AvgIpc) is 2.92. The number of amides is 1. The third kappa shape index (κ3) is 2.02.